The van der Waals surface area contributed by atoms with Crippen LogP contribution < -0.4 is 0 Å². The lowest BCUT2D eigenvalue weighted by atomic mass is 9.96. The Kier molecular flexibility index (Phi) is 2.15. The fourth-order valence-electron chi connectivity index (χ4n) is 2.23. The zero-order valence-electron chi connectivity index (χ0n) is 9.39. The van der Waals surface area contributed by atoms with Crippen molar-refractivity contribution in [1.82, 2.24) is 4.98 Å². The maximum absolute atomic E-state index is 11.1. The van der Waals surface area contributed by atoms with Crippen molar-refractivity contribution in [2.24, 2.45) is 5.41 Å². The van der Waals surface area contributed by atoms with E-state index in [0.29, 0.717) is 6.42 Å². The molecule has 1 aliphatic rings. The van der Waals surface area contributed by atoms with Crippen LogP contribution in [-0.2, 0) is 11.2 Å². The number of carbonyl (C=O) groups is 1. The molecule has 0 radical (unpaired) electrons. The molecule has 3 heteroatoms. The molecule has 0 amide bonds. The monoisotopic (exact) mass is 227 g/mol. The van der Waals surface area contributed by atoms with E-state index < -0.39 is 11.4 Å². The van der Waals surface area contributed by atoms with Gasteiger partial charge < -0.3 is 5.11 Å². The van der Waals surface area contributed by atoms with Gasteiger partial charge >= 0.3 is 5.97 Å². The second-order valence-corrected chi connectivity index (χ2v) is 4.79. The summed E-state index contributed by atoms with van der Waals surface area (Å²) in [5.41, 5.74) is 1.50. The van der Waals surface area contributed by atoms with Gasteiger partial charge in [0.05, 0.1) is 10.9 Å². The van der Waals surface area contributed by atoms with E-state index in [0.717, 1.165) is 29.3 Å². The third-order valence-corrected chi connectivity index (χ3v) is 3.52. The first-order valence-electron chi connectivity index (χ1n) is 5.77. The molecule has 2 aromatic rings. The normalized spacial score (nSPS) is 16.9. The minimum absolute atomic E-state index is 0.498. The van der Waals surface area contributed by atoms with Crippen LogP contribution in [0, 0.1) is 5.41 Å². The van der Waals surface area contributed by atoms with Gasteiger partial charge in [-0.2, -0.15) is 0 Å². The standard InChI is InChI=1S/C14H13NO2/c16-13(17)14(5-6-14)9-10-3-4-11-2-1-7-15-12(11)8-10/h1-4,7-8H,5-6,9H2,(H,16,17). The molecular weight excluding hydrogens is 214 g/mol. The Morgan fingerprint density at radius 2 is 2.18 bits per heavy atom. The molecule has 0 saturated heterocycles. The topological polar surface area (TPSA) is 50.2 Å². The molecule has 1 aliphatic carbocycles. The third-order valence-electron chi connectivity index (χ3n) is 3.52. The molecule has 86 valence electrons. The van der Waals surface area contributed by atoms with Gasteiger partial charge in [0.1, 0.15) is 0 Å². The van der Waals surface area contributed by atoms with Crippen LogP contribution in [0.4, 0.5) is 0 Å². The summed E-state index contributed by atoms with van der Waals surface area (Å²) in [5.74, 6) is -0.668. The summed E-state index contributed by atoms with van der Waals surface area (Å²) in [7, 11) is 0. The van der Waals surface area contributed by atoms with E-state index in [2.05, 4.69) is 4.98 Å². The van der Waals surface area contributed by atoms with E-state index in [4.69, 9.17) is 5.11 Å². The number of carboxylic acid groups (broad SMARTS) is 1. The summed E-state index contributed by atoms with van der Waals surface area (Å²) in [6.07, 6.45) is 3.97. The minimum atomic E-state index is -0.668. The van der Waals surface area contributed by atoms with E-state index >= 15 is 0 Å². The maximum Gasteiger partial charge on any atom is 0.309 e. The molecule has 1 fully saturated rings. The van der Waals surface area contributed by atoms with Gasteiger partial charge in [-0.3, -0.25) is 9.78 Å². The second kappa shape index (κ2) is 3.55. The lowest BCUT2D eigenvalue weighted by Gasteiger charge is -2.09. The van der Waals surface area contributed by atoms with Crippen LogP contribution >= 0.6 is 0 Å². The highest BCUT2D eigenvalue weighted by atomic mass is 16.4. The minimum Gasteiger partial charge on any atom is -0.481 e. The molecule has 0 aliphatic heterocycles. The average Bonchev–Trinajstić information content (AvgIpc) is 3.10. The fourth-order valence-corrected chi connectivity index (χ4v) is 2.23. The average molecular weight is 227 g/mol. The molecule has 3 rings (SSSR count). The van der Waals surface area contributed by atoms with Crippen molar-refractivity contribution >= 4 is 16.9 Å². The molecule has 1 heterocycles. The molecule has 3 nitrogen and oxygen atoms in total. The van der Waals surface area contributed by atoms with E-state index in [1.54, 1.807) is 6.20 Å². The Morgan fingerprint density at radius 1 is 1.35 bits per heavy atom. The van der Waals surface area contributed by atoms with Crippen molar-refractivity contribution in [3.8, 4) is 0 Å². The first-order chi connectivity index (χ1) is 8.20. The summed E-state index contributed by atoms with van der Waals surface area (Å²) in [6, 6.07) is 9.93. The highest BCUT2D eigenvalue weighted by molar-refractivity contribution is 5.80. The van der Waals surface area contributed by atoms with Crippen LogP contribution in [0.15, 0.2) is 36.5 Å². The number of carboxylic acids is 1. The van der Waals surface area contributed by atoms with E-state index in [1.165, 1.54) is 0 Å². The number of rotatable bonds is 3. The predicted molar refractivity (Wildman–Crippen MR) is 64.7 cm³/mol. The van der Waals surface area contributed by atoms with Crippen LogP contribution in [0.3, 0.4) is 0 Å². The van der Waals surface area contributed by atoms with Crippen LogP contribution in [0.25, 0.3) is 10.9 Å². The predicted octanol–water partition coefficient (Wildman–Crippen LogP) is 2.64. The molecule has 17 heavy (non-hydrogen) atoms. The zero-order valence-corrected chi connectivity index (χ0v) is 9.39. The molecule has 0 atom stereocenters. The number of hydrogen-bond acceptors (Lipinski definition) is 2. The Hall–Kier alpha value is -1.90. The fraction of sp³-hybridized carbons (Fsp3) is 0.286. The number of benzene rings is 1. The van der Waals surface area contributed by atoms with Crippen LogP contribution in [0.2, 0.25) is 0 Å². The zero-order chi connectivity index (χ0) is 11.9. The van der Waals surface area contributed by atoms with Crippen molar-refractivity contribution in [3.05, 3.63) is 42.1 Å². The van der Waals surface area contributed by atoms with Gasteiger partial charge in [0.15, 0.2) is 0 Å². The van der Waals surface area contributed by atoms with Gasteiger partial charge in [0.2, 0.25) is 0 Å². The van der Waals surface area contributed by atoms with Crippen molar-refractivity contribution in [3.63, 3.8) is 0 Å². The molecule has 0 spiro atoms. The van der Waals surface area contributed by atoms with Crippen molar-refractivity contribution in [1.29, 1.82) is 0 Å². The lowest BCUT2D eigenvalue weighted by molar-refractivity contribution is -0.143. The van der Waals surface area contributed by atoms with Crippen LogP contribution in [-0.4, -0.2) is 16.1 Å². The van der Waals surface area contributed by atoms with Crippen LogP contribution in [0.1, 0.15) is 18.4 Å². The number of aromatic nitrogens is 1. The number of nitrogens with zero attached hydrogens (tertiary/aromatic N) is 1. The number of pyridine rings is 1. The quantitative estimate of drug-likeness (QED) is 0.876. The SMILES string of the molecule is O=C(O)C1(Cc2ccc3cccnc3c2)CC1. The van der Waals surface area contributed by atoms with Gasteiger partial charge in [-0.05, 0) is 37.0 Å². The Balaban J connectivity index is 1.94. The Morgan fingerprint density at radius 3 is 2.88 bits per heavy atom. The lowest BCUT2D eigenvalue weighted by Crippen LogP contribution is -2.17. The Bertz CT molecular complexity index is 588. The summed E-state index contributed by atoms with van der Waals surface area (Å²) < 4.78 is 0. The van der Waals surface area contributed by atoms with Crippen molar-refractivity contribution in [2.75, 3.05) is 0 Å². The van der Waals surface area contributed by atoms with Gasteiger partial charge in [-0.15, -0.1) is 0 Å². The number of hydrogen-bond donors (Lipinski definition) is 1. The summed E-state index contributed by atoms with van der Waals surface area (Å²) in [5, 5.41) is 10.3. The maximum atomic E-state index is 11.1. The van der Waals surface area contributed by atoms with Crippen LogP contribution in [0.5, 0.6) is 0 Å². The molecule has 1 aromatic carbocycles. The molecule has 0 bridgehead atoms. The van der Waals surface area contributed by atoms with E-state index in [-0.39, 0.29) is 0 Å². The summed E-state index contributed by atoms with van der Waals surface area (Å²) in [6.45, 7) is 0. The van der Waals surface area contributed by atoms with E-state index in [9.17, 15) is 4.79 Å². The largest absolute Gasteiger partial charge is 0.481 e. The van der Waals surface area contributed by atoms with Crippen molar-refractivity contribution in [2.45, 2.75) is 19.3 Å². The molecule has 1 saturated carbocycles. The molecule has 1 aromatic heterocycles. The number of aliphatic carboxylic acids is 1. The number of fused-ring (bicyclic) bond motifs is 1. The first kappa shape index (κ1) is 10.3. The van der Waals surface area contributed by atoms with Gasteiger partial charge in [0, 0.05) is 11.6 Å². The van der Waals surface area contributed by atoms with Gasteiger partial charge in [-0.1, -0.05) is 18.2 Å². The van der Waals surface area contributed by atoms with Crippen molar-refractivity contribution < 1.29 is 9.90 Å². The smallest absolute Gasteiger partial charge is 0.309 e. The summed E-state index contributed by atoms with van der Waals surface area (Å²) >= 11 is 0. The summed E-state index contributed by atoms with van der Waals surface area (Å²) in [4.78, 5) is 15.4. The Labute approximate surface area is 99.1 Å². The highest BCUT2D eigenvalue weighted by Gasteiger charge is 2.49. The third kappa shape index (κ3) is 1.78. The second-order valence-electron chi connectivity index (χ2n) is 4.79. The van der Waals surface area contributed by atoms with E-state index in [1.807, 2.05) is 30.3 Å². The first-order valence-corrected chi connectivity index (χ1v) is 5.77. The molecule has 0 unspecified atom stereocenters. The highest BCUT2D eigenvalue weighted by Crippen LogP contribution is 2.48. The molecule has 1 N–H and O–H groups in total. The van der Waals surface area contributed by atoms with Gasteiger partial charge in [-0.25, -0.2) is 0 Å². The van der Waals surface area contributed by atoms with Gasteiger partial charge in [0.25, 0.3) is 0 Å². The molecular formula is C14H13NO2.